The number of alkyl halides is 3. The van der Waals surface area contributed by atoms with E-state index in [2.05, 4.69) is 0 Å². The van der Waals surface area contributed by atoms with E-state index in [1.54, 1.807) is 0 Å². The highest BCUT2D eigenvalue weighted by Gasteiger charge is 2.32. The van der Waals surface area contributed by atoms with Gasteiger partial charge in [0.15, 0.2) is 0 Å². The van der Waals surface area contributed by atoms with Gasteiger partial charge in [0, 0.05) is 12.7 Å². The number of nitrogens with two attached hydrogens (primary N) is 3. The van der Waals surface area contributed by atoms with Crippen molar-refractivity contribution in [1.82, 2.24) is 5.01 Å². The van der Waals surface area contributed by atoms with Gasteiger partial charge in [-0.2, -0.15) is 13.2 Å². The number of hydrogen-bond donors (Lipinski definition) is 3. The van der Waals surface area contributed by atoms with Crippen molar-refractivity contribution in [3.63, 3.8) is 0 Å². The molecule has 0 saturated carbocycles. The number of anilines is 2. The zero-order chi connectivity index (χ0) is 14.1. The van der Waals surface area contributed by atoms with Crippen molar-refractivity contribution in [2.75, 3.05) is 17.8 Å². The Morgan fingerprint density at radius 3 is 2.22 bits per heavy atom. The highest BCUT2D eigenvalue weighted by molar-refractivity contribution is 5.90. The largest absolute Gasteiger partial charge is 0.416 e. The average Bonchev–Trinajstić information content (AvgIpc) is 2.24. The maximum absolute atomic E-state index is 12.5. The van der Waals surface area contributed by atoms with Crippen molar-refractivity contribution < 1.29 is 18.0 Å². The van der Waals surface area contributed by atoms with Gasteiger partial charge in [-0.25, -0.2) is 21.5 Å². The third kappa shape index (κ3) is 3.02. The number of hydrogen-bond acceptors (Lipinski definition) is 4. The van der Waals surface area contributed by atoms with Crippen LogP contribution >= 0.6 is 0 Å². The molecular formula is C9H12F3N5O. The molecule has 2 amide bonds. The van der Waals surface area contributed by atoms with Gasteiger partial charge in [-0.15, -0.1) is 0 Å². The fourth-order valence-electron chi connectivity index (χ4n) is 1.22. The predicted molar refractivity (Wildman–Crippen MR) is 59.9 cm³/mol. The van der Waals surface area contributed by atoms with Crippen LogP contribution in [0.15, 0.2) is 18.2 Å². The van der Waals surface area contributed by atoms with E-state index in [4.69, 9.17) is 17.4 Å². The molecule has 100 valence electrons. The molecule has 0 radical (unpaired) electrons. The van der Waals surface area contributed by atoms with Crippen LogP contribution in [0.3, 0.4) is 0 Å². The summed E-state index contributed by atoms with van der Waals surface area (Å²) in [6.07, 6.45) is -4.58. The van der Waals surface area contributed by atoms with E-state index in [9.17, 15) is 18.0 Å². The standard InChI is InChI=1S/C9H12F3N5O/c1-16(14)8(18)17(15)7-3-5(9(10,11)12)2-6(13)4-7/h2-4H,13-15H2,1H3. The summed E-state index contributed by atoms with van der Waals surface area (Å²) in [6.45, 7) is 0. The maximum Gasteiger partial charge on any atom is 0.416 e. The minimum Gasteiger partial charge on any atom is -0.399 e. The van der Waals surface area contributed by atoms with Gasteiger partial charge in [-0.1, -0.05) is 0 Å². The fraction of sp³-hybridized carbons (Fsp3) is 0.222. The monoisotopic (exact) mass is 263 g/mol. The summed E-state index contributed by atoms with van der Waals surface area (Å²) >= 11 is 0. The number of nitrogen functional groups attached to an aromatic ring is 1. The molecule has 9 heteroatoms. The lowest BCUT2D eigenvalue weighted by molar-refractivity contribution is -0.137. The first-order valence-electron chi connectivity index (χ1n) is 4.68. The molecule has 0 unspecified atom stereocenters. The molecule has 0 aliphatic heterocycles. The molecule has 0 aromatic heterocycles. The lowest BCUT2D eigenvalue weighted by Gasteiger charge is -2.22. The summed E-state index contributed by atoms with van der Waals surface area (Å²) in [7, 11) is 1.21. The van der Waals surface area contributed by atoms with Crippen molar-refractivity contribution in [2.24, 2.45) is 11.7 Å². The van der Waals surface area contributed by atoms with Gasteiger partial charge in [0.1, 0.15) is 0 Å². The molecule has 0 aliphatic carbocycles. The van der Waals surface area contributed by atoms with Gasteiger partial charge in [-0.05, 0) is 18.2 Å². The third-order valence-corrected chi connectivity index (χ3v) is 2.05. The van der Waals surface area contributed by atoms with Crippen molar-refractivity contribution in [3.05, 3.63) is 23.8 Å². The summed E-state index contributed by atoms with van der Waals surface area (Å²) in [6, 6.07) is 1.70. The molecule has 1 rings (SSSR count). The van der Waals surface area contributed by atoms with Gasteiger partial charge < -0.3 is 5.73 Å². The van der Waals surface area contributed by atoms with E-state index in [1.807, 2.05) is 0 Å². The molecule has 1 aromatic carbocycles. The lowest BCUT2D eigenvalue weighted by atomic mass is 10.1. The van der Waals surface area contributed by atoms with E-state index in [0.717, 1.165) is 12.1 Å². The van der Waals surface area contributed by atoms with Gasteiger partial charge in [0.2, 0.25) is 0 Å². The highest BCUT2D eigenvalue weighted by atomic mass is 19.4. The fourth-order valence-corrected chi connectivity index (χ4v) is 1.22. The number of urea groups is 1. The molecule has 6 nitrogen and oxygen atoms in total. The minimum absolute atomic E-state index is 0.164. The second kappa shape index (κ2) is 4.70. The summed E-state index contributed by atoms with van der Waals surface area (Å²) in [4.78, 5) is 11.4. The van der Waals surface area contributed by atoms with Gasteiger partial charge in [-0.3, -0.25) is 5.01 Å². The number of carbonyl (C=O) groups is 1. The van der Waals surface area contributed by atoms with E-state index < -0.39 is 17.8 Å². The van der Waals surface area contributed by atoms with E-state index >= 15 is 0 Å². The number of benzene rings is 1. The van der Waals surface area contributed by atoms with Crippen LogP contribution in [0.25, 0.3) is 0 Å². The van der Waals surface area contributed by atoms with Crippen molar-refractivity contribution in [3.8, 4) is 0 Å². The van der Waals surface area contributed by atoms with Crippen LogP contribution in [0.5, 0.6) is 0 Å². The van der Waals surface area contributed by atoms with Crippen molar-refractivity contribution in [1.29, 1.82) is 0 Å². The zero-order valence-corrected chi connectivity index (χ0v) is 9.40. The average molecular weight is 263 g/mol. The smallest absolute Gasteiger partial charge is 0.399 e. The molecule has 6 N–H and O–H groups in total. The Labute approximate surface area is 101 Å². The molecule has 18 heavy (non-hydrogen) atoms. The number of carbonyl (C=O) groups excluding carboxylic acids is 1. The molecule has 0 atom stereocenters. The van der Waals surface area contributed by atoms with E-state index in [1.165, 1.54) is 7.05 Å². The van der Waals surface area contributed by atoms with Crippen molar-refractivity contribution in [2.45, 2.75) is 6.18 Å². The topological polar surface area (TPSA) is 102 Å². The van der Waals surface area contributed by atoms with Gasteiger partial charge >= 0.3 is 12.2 Å². The normalized spacial score (nSPS) is 11.2. The van der Waals surface area contributed by atoms with Crippen LogP contribution in [0, 0.1) is 0 Å². The molecule has 0 heterocycles. The lowest BCUT2D eigenvalue weighted by Crippen LogP contribution is -2.48. The molecule has 0 fully saturated rings. The molecule has 0 spiro atoms. The van der Waals surface area contributed by atoms with Crippen LogP contribution in [0.4, 0.5) is 29.3 Å². The highest BCUT2D eigenvalue weighted by Crippen LogP contribution is 2.33. The summed E-state index contributed by atoms with van der Waals surface area (Å²) in [5.74, 6) is 10.5. The molecule has 0 saturated heterocycles. The summed E-state index contributed by atoms with van der Waals surface area (Å²) in [5, 5.41) is 1.11. The molecular weight excluding hydrogens is 251 g/mol. The summed E-state index contributed by atoms with van der Waals surface area (Å²) < 4.78 is 37.6. The first kappa shape index (κ1) is 14.1. The first-order chi connectivity index (χ1) is 8.12. The van der Waals surface area contributed by atoms with Crippen LogP contribution in [0.2, 0.25) is 0 Å². The second-order valence-electron chi connectivity index (χ2n) is 3.57. The van der Waals surface area contributed by atoms with E-state index in [-0.39, 0.29) is 11.4 Å². The number of rotatable bonds is 1. The van der Waals surface area contributed by atoms with Gasteiger partial charge in [0.25, 0.3) is 0 Å². The second-order valence-corrected chi connectivity index (χ2v) is 3.57. The Bertz CT molecular complexity index is 460. The van der Waals surface area contributed by atoms with E-state index in [0.29, 0.717) is 16.1 Å². The summed E-state index contributed by atoms with van der Waals surface area (Å²) in [5.41, 5.74) is 3.96. The van der Waals surface area contributed by atoms with Crippen LogP contribution < -0.4 is 22.4 Å². The Kier molecular flexibility index (Phi) is 3.67. The zero-order valence-electron chi connectivity index (χ0n) is 9.40. The van der Waals surface area contributed by atoms with Gasteiger partial charge in [0.05, 0.1) is 11.3 Å². The van der Waals surface area contributed by atoms with Crippen molar-refractivity contribution >= 4 is 17.4 Å². The minimum atomic E-state index is -4.58. The quantitative estimate of drug-likeness (QED) is 0.303. The SMILES string of the molecule is CN(N)C(=O)N(N)c1cc(N)cc(C(F)(F)F)c1. The number of amides is 2. The molecule has 1 aromatic rings. The van der Waals surface area contributed by atoms with Crippen LogP contribution in [0.1, 0.15) is 5.56 Å². The third-order valence-electron chi connectivity index (χ3n) is 2.05. The van der Waals surface area contributed by atoms with Crippen LogP contribution in [-0.4, -0.2) is 18.1 Å². The number of nitrogens with zero attached hydrogens (tertiary/aromatic N) is 2. The molecule has 0 aliphatic rings. The Morgan fingerprint density at radius 2 is 1.78 bits per heavy atom. The Balaban J connectivity index is 3.18. The van der Waals surface area contributed by atoms with Crippen LogP contribution in [-0.2, 0) is 6.18 Å². The first-order valence-corrected chi connectivity index (χ1v) is 4.68. The number of halogens is 3. The Hall–Kier alpha value is -2.00. The number of hydrazine groups is 2. The maximum atomic E-state index is 12.5. The Morgan fingerprint density at radius 1 is 1.22 bits per heavy atom. The predicted octanol–water partition coefficient (Wildman–Crippen LogP) is 0.893. The molecule has 0 bridgehead atoms.